The Morgan fingerprint density at radius 2 is 2.12 bits per heavy atom. The fourth-order valence-corrected chi connectivity index (χ4v) is 3.27. The quantitative estimate of drug-likeness (QED) is 0.909. The summed E-state index contributed by atoms with van der Waals surface area (Å²) in [4.78, 5) is 36.6. The monoisotopic (exact) mass is 340 g/mol. The number of aromatic nitrogens is 2. The summed E-state index contributed by atoms with van der Waals surface area (Å²) < 4.78 is 0. The second-order valence-corrected chi connectivity index (χ2v) is 6.40. The lowest BCUT2D eigenvalue weighted by Crippen LogP contribution is -2.57. The average molecular weight is 340 g/mol. The summed E-state index contributed by atoms with van der Waals surface area (Å²) >= 11 is 0. The molecule has 1 saturated heterocycles. The molecule has 25 heavy (non-hydrogen) atoms. The zero-order chi connectivity index (χ0) is 17.8. The average Bonchev–Trinajstić information content (AvgIpc) is 3.17. The van der Waals surface area contributed by atoms with Gasteiger partial charge in [0.25, 0.3) is 5.91 Å². The Hall–Kier alpha value is -2.63. The van der Waals surface area contributed by atoms with E-state index < -0.39 is 0 Å². The van der Waals surface area contributed by atoms with Crippen LogP contribution in [0.1, 0.15) is 36.5 Å². The number of benzene rings is 1. The predicted octanol–water partition coefficient (Wildman–Crippen LogP) is 2.55. The van der Waals surface area contributed by atoms with Gasteiger partial charge in [-0.1, -0.05) is 38.0 Å². The third-order valence-corrected chi connectivity index (χ3v) is 4.72. The van der Waals surface area contributed by atoms with Crippen molar-refractivity contribution in [1.29, 1.82) is 0 Å². The second-order valence-electron chi connectivity index (χ2n) is 6.40. The van der Waals surface area contributed by atoms with Crippen LogP contribution in [0.15, 0.2) is 36.7 Å². The topological polar surface area (TPSA) is 69.3 Å². The van der Waals surface area contributed by atoms with Crippen LogP contribution in [0, 0.1) is 0 Å². The van der Waals surface area contributed by atoms with Crippen LogP contribution < -0.4 is 0 Å². The summed E-state index contributed by atoms with van der Waals surface area (Å²) in [7, 11) is 1.81. The van der Waals surface area contributed by atoms with Crippen molar-refractivity contribution in [2.45, 2.75) is 32.2 Å². The largest absolute Gasteiger partial charge is 0.345 e. The Kier molecular flexibility index (Phi) is 5.16. The lowest BCUT2D eigenvalue weighted by Gasteiger charge is -2.39. The Bertz CT molecular complexity index is 742. The molecule has 1 atom stereocenters. The molecule has 0 aliphatic carbocycles. The van der Waals surface area contributed by atoms with Crippen molar-refractivity contribution in [3.8, 4) is 11.4 Å². The minimum Gasteiger partial charge on any atom is -0.345 e. The molecule has 2 heterocycles. The molecule has 1 aliphatic rings. The van der Waals surface area contributed by atoms with Crippen molar-refractivity contribution in [1.82, 2.24) is 19.8 Å². The van der Waals surface area contributed by atoms with Crippen molar-refractivity contribution >= 4 is 11.8 Å². The van der Waals surface area contributed by atoms with Crippen LogP contribution in [-0.4, -0.2) is 57.8 Å². The lowest BCUT2D eigenvalue weighted by atomic mass is 10.0. The summed E-state index contributed by atoms with van der Waals surface area (Å²) in [5, 5.41) is 0. The van der Waals surface area contributed by atoms with Crippen molar-refractivity contribution in [3.63, 3.8) is 0 Å². The minimum absolute atomic E-state index is 0.0310. The number of nitrogens with zero attached hydrogens (tertiary/aromatic N) is 3. The Morgan fingerprint density at radius 3 is 2.84 bits per heavy atom. The maximum atomic E-state index is 13.3. The molecule has 2 aromatic rings. The number of imidazole rings is 1. The zero-order valence-electron chi connectivity index (χ0n) is 14.7. The number of rotatable bonds is 5. The first-order chi connectivity index (χ1) is 12.1. The molecule has 0 bridgehead atoms. The number of piperazine rings is 1. The molecular weight excluding hydrogens is 316 g/mol. The van der Waals surface area contributed by atoms with Gasteiger partial charge in [0.15, 0.2) is 0 Å². The van der Waals surface area contributed by atoms with Gasteiger partial charge in [0, 0.05) is 38.1 Å². The smallest absolute Gasteiger partial charge is 0.255 e. The van der Waals surface area contributed by atoms with Crippen LogP contribution in [0.2, 0.25) is 0 Å². The van der Waals surface area contributed by atoms with Gasteiger partial charge in [-0.05, 0) is 12.5 Å². The molecule has 1 N–H and O–H groups in total. The van der Waals surface area contributed by atoms with Crippen molar-refractivity contribution in [2.75, 3.05) is 20.1 Å². The summed E-state index contributed by atoms with van der Waals surface area (Å²) in [6.45, 7) is 3.22. The van der Waals surface area contributed by atoms with Gasteiger partial charge in [0.2, 0.25) is 5.91 Å². The van der Waals surface area contributed by atoms with E-state index in [2.05, 4.69) is 16.9 Å². The molecular formula is C19H24N4O2. The van der Waals surface area contributed by atoms with Crippen LogP contribution >= 0.6 is 0 Å². The van der Waals surface area contributed by atoms with Gasteiger partial charge in [-0.15, -0.1) is 0 Å². The Labute approximate surface area is 147 Å². The fraction of sp³-hybridized carbons (Fsp3) is 0.421. The Morgan fingerprint density at radius 1 is 1.32 bits per heavy atom. The maximum absolute atomic E-state index is 13.3. The van der Waals surface area contributed by atoms with Crippen molar-refractivity contribution in [2.24, 2.45) is 0 Å². The molecule has 6 nitrogen and oxygen atoms in total. The highest BCUT2D eigenvalue weighted by atomic mass is 16.2. The highest BCUT2D eigenvalue weighted by Crippen LogP contribution is 2.25. The second kappa shape index (κ2) is 7.51. The first-order valence-corrected chi connectivity index (χ1v) is 8.78. The molecule has 3 rings (SSSR count). The number of H-pyrrole nitrogens is 1. The van der Waals surface area contributed by atoms with E-state index in [0.29, 0.717) is 30.9 Å². The molecule has 1 aliphatic heterocycles. The van der Waals surface area contributed by atoms with E-state index in [1.54, 1.807) is 35.3 Å². The normalized spacial score (nSPS) is 17.8. The molecule has 6 heteroatoms. The third kappa shape index (κ3) is 3.43. The molecule has 0 unspecified atom stereocenters. The van der Waals surface area contributed by atoms with E-state index in [4.69, 9.17) is 0 Å². The number of nitrogens with one attached hydrogen (secondary N) is 1. The van der Waals surface area contributed by atoms with E-state index >= 15 is 0 Å². The van der Waals surface area contributed by atoms with E-state index in [0.717, 1.165) is 18.4 Å². The molecule has 0 saturated carbocycles. The summed E-state index contributed by atoms with van der Waals surface area (Å²) in [6.07, 6.45) is 6.03. The molecule has 0 radical (unpaired) electrons. The fourth-order valence-electron chi connectivity index (χ4n) is 3.27. The Balaban J connectivity index is 1.93. The van der Waals surface area contributed by atoms with Gasteiger partial charge in [0.05, 0.1) is 5.56 Å². The van der Waals surface area contributed by atoms with Crippen molar-refractivity contribution in [3.05, 3.63) is 42.2 Å². The molecule has 0 spiro atoms. The third-order valence-electron chi connectivity index (χ3n) is 4.72. The highest BCUT2D eigenvalue weighted by Gasteiger charge is 2.36. The van der Waals surface area contributed by atoms with Gasteiger partial charge in [-0.3, -0.25) is 9.59 Å². The molecule has 1 aromatic heterocycles. The van der Waals surface area contributed by atoms with Gasteiger partial charge in [-0.25, -0.2) is 4.98 Å². The van der Waals surface area contributed by atoms with Gasteiger partial charge >= 0.3 is 0 Å². The van der Waals surface area contributed by atoms with Crippen LogP contribution in [0.5, 0.6) is 0 Å². The number of carbonyl (C=O) groups is 2. The van der Waals surface area contributed by atoms with Crippen LogP contribution in [0.4, 0.5) is 0 Å². The van der Waals surface area contributed by atoms with Crippen LogP contribution in [0.3, 0.4) is 0 Å². The predicted molar refractivity (Wildman–Crippen MR) is 96.0 cm³/mol. The van der Waals surface area contributed by atoms with Crippen molar-refractivity contribution < 1.29 is 9.59 Å². The van der Waals surface area contributed by atoms with E-state index in [-0.39, 0.29) is 17.9 Å². The highest BCUT2D eigenvalue weighted by molar-refractivity contribution is 6.02. The number of carbonyl (C=O) groups excluding carboxylic acids is 2. The lowest BCUT2D eigenvalue weighted by molar-refractivity contribution is -0.138. The van der Waals surface area contributed by atoms with Crippen LogP contribution in [-0.2, 0) is 4.79 Å². The minimum atomic E-state index is -0.379. The molecule has 132 valence electrons. The number of aromatic amines is 1. The van der Waals surface area contributed by atoms with E-state index in [1.807, 2.05) is 18.2 Å². The number of amides is 2. The molecule has 1 aromatic carbocycles. The number of hydrogen-bond acceptors (Lipinski definition) is 3. The molecule has 1 fully saturated rings. The van der Waals surface area contributed by atoms with Gasteiger partial charge < -0.3 is 14.8 Å². The maximum Gasteiger partial charge on any atom is 0.255 e. The summed E-state index contributed by atoms with van der Waals surface area (Å²) in [6, 6.07) is 7.04. The molecule has 2 amide bonds. The summed E-state index contributed by atoms with van der Waals surface area (Å²) in [5.74, 6) is 0.590. The number of unbranched alkanes of at least 4 members (excludes halogenated alkanes) is 1. The van der Waals surface area contributed by atoms with E-state index in [1.165, 1.54) is 0 Å². The first kappa shape index (κ1) is 17.2. The van der Waals surface area contributed by atoms with Gasteiger partial charge in [-0.2, -0.15) is 0 Å². The van der Waals surface area contributed by atoms with Crippen LogP contribution in [0.25, 0.3) is 11.4 Å². The zero-order valence-corrected chi connectivity index (χ0v) is 14.7. The number of likely N-dealkylation sites (N-methyl/N-ethyl adjacent to an activating group) is 1. The first-order valence-electron chi connectivity index (χ1n) is 8.78. The summed E-state index contributed by atoms with van der Waals surface area (Å²) in [5.41, 5.74) is 1.34. The SMILES string of the molecule is CCCC[C@H]1C(=O)N(C)CCN1C(=O)c1ccccc1-c1ncc[nH]1. The van der Waals surface area contributed by atoms with Gasteiger partial charge in [0.1, 0.15) is 11.9 Å². The number of hydrogen-bond donors (Lipinski definition) is 1. The van der Waals surface area contributed by atoms with E-state index in [9.17, 15) is 9.59 Å². The standard InChI is InChI=1S/C19H24N4O2/c1-3-4-9-16-19(25)22(2)12-13-23(16)18(24)15-8-6-5-7-14(15)17-20-10-11-21-17/h5-8,10-11,16H,3-4,9,12-13H2,1-2H3,(H,20,21)/t16-/m0/s1.